The largest absolute Gasteiger partial charge is 0.524 e. The minimum atomic E-state index is -4.71. The fourth-order valence-corrected chi connectivity index (χ4v) is 2.16. The molecule has 114 valence electrons. The molecule has 0 bridgehead atoms. The summed E-state index contributed by atoms with van der Waals surface area (Å²) in [5.41, 5.74) is 1.13. The maximum atomic E-state index is 12.9. The molecule has 2 rings (SSSR count). The molecule has 1 heterocycles. The van der Waals surface area contributed by atoms with E-state index in [9.17, 15) is 17.6 Å². The summed E-state index contributed by atoms with van der Waals surface area (Å²) in [6, 6.07) is 5.54. The van der Waals surface area contributed by atoms with Crippen LogP contribution in [0.5, 0.6) is 0 Å². The van der Waals surface area contributed by atoms with E-state index in [4.69, 9.17) is 11.6 Å². The summed E-state index contributed by atoms with van der Waals surface area (Å²) in [4.78, 5) is 1.36. The molecule has 0 aliphatic carbocycles. The summed E-state index contributed by atoms with van der Waals surface area (Å²) in [7, 11) is 0. The van der Waals surface area contributed by atoms with Gasteiger partial charge in [0.05, 0.1) is 0 Å². The lowest BCUT2D eigenvalue weighted by atomic mass is 10.0. The van der Waals surface area contributed by atoms with Crippen molar-refractivity contribution in [3.63, 3.8) is 0 Å². The standard InChI is InChI=1S/C14H12ClF4NO/c1-9(21-14(17,18)19)20-7-6-13(15)12(8-20)10-2-4-11(16)5-3-10/h2-6,8-9H,7H2,1H3. The van der Waals surface area contributed by atoms with Crippen molar-refractivity contribution >= 4 is 17.2 Å². The van der Waals surface area contributed by atoms with Crippen molar-refractivity contribution in [3.8, 4) is 0 Å². The van der Waals surface area contributed by atoms with E-state index >= 15 is 0 Å². The Morgan fingerprint density at radius 3 is 2.43 bits per heavy atom. The highest BCUT2D eigenvalue weighted by Gasteiger charge is 2.34. The van der Waals surface area contributed by atoms with Crippen molar-refractivity contribution < 1.29 is 22.3 Å². The minimum absolute atomic E-state index is 0.195. The summed E-state index contributed by atoms with van der Waals surface area (Å²) in [6.45, 7) is 1.49. The average Bonchev–Trinajstić information content (AvgIpc) is 2.38. The second kappa shape index (κ2) is 6.07. The van der Waals surface area contributed by atoms with Gasteiger partial charge in [0.1, 0.15) is 12.0 Å². The monoisotopic (exact) mass is 321 g/mol. The number of rotatable bonds is 3. The van der Waals surface area contributed by atoms with Gasteiger partial charge >= 0.3 is 6.36 Å². The first-order chi connectivity index (χ1) is 9.76. The molecular formula is C14H12ClF4NO. The summed E-state index contributed by atoms with van der Waals surface area (Å²) in [6.07, 6.45) is -2.85. The molecule has 0 N–H and O–H groups in total. The van der Waals surface area contributed by atoms with Crippen LogP contribution in [0.1, 0.15) is 12.5 Å². The van der Waals surface area contributed by atoms with Crippen LogP contribution in [0.4, 0.5) is 17.6 Å². The molecule has 0 saturated carbocycles. The smallest absolute Gasteiger partial charge is 0.348 e. The first-order valence-electron chi connectivity index (χ1n) is 6.10. The van der Waals surface area contributed by atoms with Gasteiger partial charge in [-0.2, -0.15) is 0 Å². The van der Waals surface area contributed by atoms with E-state index in [1.807, 2.05) is 0 Å². The van der Waals surface area contributed by atoms with Crippen molar-refractivity contribution in [2.45, 2.75) is 19.5 Å². The highest BCUT2D eigenvalue weighted by Crippen LogP contribution is 2.31. The van der Waals surface area contributed by atoms with Gasteiger partial charge in [-0.3, -0.25) is 4.74 Å². The third kappa shape index (κ3) is 4.22. The maximum Gasteiger partial charge on any atom is 0.524 e. The van der Waals surface area contributed by atoms with Crippen LogP contribution < -0.4 is 0 Å². The van der Waals surface area contributed by atoms with Crippen molar-refractivity contribution in [1.29, 1.82) is 0 Å². The van der Waals surface area contributed by atoms with E-state index in [2.05, 4.69) is 4.74 Å². The Bertz CT molecular complexity index is 565. The lowest BCUT2D eigenvalue weighted by molar-refractivity contribution is -0.354. The molecule has 2 nitrogen and oxygen atoms in total. The topological polar surface area (TPSA) is 12.5 Å². The van der Waals surface area contributed by atoms with Crippen LogP contribution in [-0.2, 0) is 4.74 Å². The van der Waals surface area contributed by atoms with Gasteiger partial charge in [-0.05, 0) is 30.7 Å². The van der Waals surface area contributed by atoms with Crippen LogP contribution in [0.25, 0.3) is 5.57 Å². The van der Waals surface area contributed by atoms with Gasteiger partial charge in [0.25, 0.3) is 0 Å². The van der Waals surface area contributed by atoms with Crippen molar-refractivity contribution in [2.75, 3.05) is 6.54 Å². The molecule has 0 radical (unpaired) electrons. The van der Waals surface area contributed by atoms with Crippen molar-refractivity contribution in [3.05, 3.63) is 53.0 Å². The molecular weight excluding hydrogens is 310 g/mol. The van der Waals surface area contributed by atoms with Gasteiger partial charge in [0.15, 0.2) is 0 Å². The molecule has 0 saturated heterocycles. The number of halogens is 5. The van der Waals surface area contributed by atoms with Gasteiger partial charge in [-0.1, -0.05) is 23.7 Å². The number of hydrogen-bond acceptors (Lipinski definition) is 2. The third-order valence-electron chi connectivity index (χ3n) is 2.96. The average molecular weight is 322 g/mol. The Morgan fingerprint density at radius 1 is 1.24 bits per heavy atom. The highest BCUT2D eigenvalue weighted by atomic mass is 35.5. The molecule has 21 heavy (non-hydrogen) atoms. The lowest BCUT2D eigenvalue weighted by Crippen LogP contribution is -2.36. The van der Waals surface area contributed by atoms with Crippen LogP contribution in [0.3, 0.4) is 0 Å². The lowest BCUT2D eigenvalue weighted by Gasteiger charge is -2.30. The fourth-order valence-electron chi connectivity index (χ4n) is 1.93. The van der Waals surface area contributed by atoms with Crippen LogP contribution in [-0.4, -0.2) is 24.0 Å². The highest BCUT2D eigenvalue weighted by molar-refractivity contribution is 6.37. The Morgan fingerprint density at radius 2 is 1.86 bits per heavy atom. The SMILES string of the molecule is CC(OC(F)(F)F)N1C=C(c2ccc(F)cc2)C(Cl)=CC1. The van der Waals surface area contributed by atoms with Gasteiger partial charge in [-0.15, -0.1) is 13.2 Å². The van der Waals surface area contributed by atoms with Gasteiger partial charge in [0.2, 0.25) is 0 Å². The van der Waals surface area contributed by atoms with E-state index in [1.54, 1.807) is 6.08 Å². The number of ether oxygens (including phenoxy) is 1. The van der Waals surface area contributed by atoms with Crippen molar-refractivity contribution in [2.24, 2.45) is 0 Å². The molecule has 1 aromatic rings. The van der Waals surface area contributed by atoms with E-state index < -0.39 is 18.4 Å². The first-order valence-corrected chi connectivity index (χ1v) is 6.48. The molecule has 1 aliphatic rings. The predicted molar refractivity (Wildman–Crippen MR) is 71.6 cm³/mol. The van der Waals surface area contributed by atoms with E-state index in [0.717, 1.165) is 0 Å². The van der Waals surface area contributed by atoms with Gasteiger partial charge < -0.3 is 4.90 Å². The van der Waals surface area contributed by atoms with Crippen molar-refractivity contribution in [1.82, 2.24) is 4.90 Å². The molecule has 0 aromatic heterocycles. The molecule has 7 heteroatoms. The zero-order valence-electron chi connectivity index (χ0n) is 11.0. The van der Waals surface area contributed by atoms with Crippen LogP contribution in [0.2, 0.25) is 0 Å². The first kappa shape index (κ1) is 15.9. The predicted octanol–water partition coefficient (Wildman–Crippen LogP) is 4.49. The molecule has 1 aliphatic heterocycles. The van der Waals surface area contributed by atoms with Crippen LogP contribution in [0, 0.1) is 5.82 Å². The molecule has 0 spiro atoms. The number of allylic oxidation sites excluding steroid dienone is 2. The summed E-state index contributed by atoms with van der Waals surface area (Å²) >= 11 is 6.07. The summed E-state index contributed by atoms with van der Waals surface area (Å²) in [5, 5.41) is 0.400. The third-order valence-corrected chi connectivity index (χ3v) is 3.32. The van der Waals surface area contributed by atoms with E-state index in [-0.39, 0.29) is 6.54 Å². The van der Waals surface area contributed by atoms with Gasteiger partial charge in [-0.25, -0.2) is 4.39 Å². The van der Waals surface area contributed by atoms with Crippen LogP contribution >= 0.6 is 11.6 Å². The maximum absolute atomic E-state index is 12.9. The summed E-state index contributed by atoms with van der Waals surface area (Å²) in [5.74, 6) is -0.402. The Balaban J connectivity index is 2.22. The normalized spacial score (nSPS) is 17.3. The zero-order chi connectivity index (χ0) is 15.6. The number of nitrogens with zero attached hydrogens (tertiary/aromatic N) is 1. The molecule has 1 atom stereocenters. The van der Waals surface area contributed by atoms with E-state index in [0.29, 0.717) is 16.2 Å². The number of alkyl halides is 3. The van der Waals surface area contributed by atoms with Crippen LogP contribution in [0.15, 0.2) is 41.6 Å². The Kier molecular flexibility index (Phi) is 4.58. The molecule has 1 aromatic carbocycles. The quantitative estimate of drug-likeness (QED) is 0.761. The fraction of sp³-hybridized carbons (Fsp3) is 0.286. The zero-order valence-corrected chi connectivity index (χ0v) is 11.7. The second-order valence-electron chi connectivity index (χ2n) is 4.46. The second-order valence-corrected chi connectivity index (χ2v) is 4.87. The Labute approximate surface area is 124 Å². The number of hydrogen-bond donors (Lipinski definition) is 0. The Hall–Kier alpha value is -1.53. The van der Waals surface area contributed by atoms with Gasteiger partial charge in [0, 0.05) is 23.4 Å². The molecule has 0 amide bonds. The molecule has 1 unspecified atom stereocenters. The minimum Gasteiger partial charge on any atom is -0.348 e. The summed E-state index contributed by atoms with van der Waals surface area (Å²) < 4.78 is 53.6. The molecule has 0 fully saturated rings. The van der Waals surface area contributed by atoms with E-state index in [1.165, 1.54) is 42.3 Å². The number of benzene rings is 1.